The number of benzene rings is 1. The predicted octanol–water partition coefficient (Wildman–Crippen LogP) is 2.70. The van der Waals surface area contributed by atoms with Crippen molar-refractivity contribution in [2.45, 2.75) is 31.5 Å². The fourth-order valence-electron chi connectivity index (χ4n) is 5.16. The standard InChI is InChI=1S/C22H25N5O3/c1-25-13-20-23-24-21(18-3-2-10-28-18)27(20)22(14-25)6-8-26(9-7-22)12-16-4-5-17-19(11-16)30-15-29-17/h2-5,10-11H,6-9,12-15H2,1H3. The number of likely N-dealkylation sites (tertiary alicyclic amines) is 1. The lowest BCUT2D eigenvalue weighted by molar-refractivity contribution is 0.0487. The first kappa shape index (κ1) is 18.0. The molecule has 1 spiro atoms. The van der Waals surface area contributed by atoms with Crippen LogP contribution in [-0.4, -0.2) is 58.0 Å². The molecule has 6 rings (SSSR count). The Balaban J connectivity index is 1.24. The molecule has 3 aliphatic rings. The average molecular weight is 407 g/mol. The zero-order chi connectivity index (χ0) is 20.1. The quantitative estimate of drug-likeness (QED) is 0.661. The number of furan rings is 1. The summed E-state index contributed by atoms with van der Waals surface area (Å²) in [6, 6.07) is 10.1. The van der Waals surface area contributed by atoms with Gasteiger partial charge in [0, 0.05) is 26.2 Å². The zero-order valence-corrected chi connectivity index (χ0v) is 17.1. The molecule has 5 heterocycles. The number of hydrogen-bond donors (Lipinski definition) is 0. The van der Waals surface area contributed by atoms with Crippen molar-refractivity contribution in [2.24, 2.45) is 0 Å². The summed E-state index contributed by atoms with van der Waals surface area (Å²) in [5.74, 6) is 4.37. The normalized spacial score (nSPS) is 20.6. The lowest BCUT2D eigenvalue weighted by Crippen LogP contribution is -2.55. The van der Waals surface area contributed by atoms with Crippen molar-refractivity contribution >= 4 is 0 Å². The van der Waals surface area contributed by atoms with Crippen molar-refractivity contribution in [1.29, 1.82) is 0 Å². The van der Waals surface area contributed by atoms with Crippen LogP contribution in [0.2, 0.25) is 0 Å². The van der Waals surface area contributed by atoms with Crippen LogP contribution in [-0.2, 0) is 18.6 Å². The molecule has 0 aliphatic carbocycles. The van der Waals surface area contributed by atoms with Crippen LogP contribution in [0.5, 0.6) is 11.5 Å². The van der Waals surface area contributed by atoms with Gasteiger partial charge in [-0.2, -0.15) is 0 Å². The highest BCUT2D eigenvalue weighted by atomic mass is 16.7. The molecule has 2 aromatic heterocycles. The van der Waals surface area contributed by atoms with Gasteiger partial charge in [-0.05, 0) is 49.7 Å². The molecule has 30 heavy (non-hydrogen) atoms. The molecule has 3 aromatic rings. The number of aromatic nitrogens is 3. The third kappa shape index (κ3) is 2.90. The van der Waals surface area contributed by atoms with Gasteiger partial charge in [0.05, 0.1) is 18.3 Å². The number of rotatable bonds is 3. The summed E-state index contributed by atoms with van der Waals surface area (Å²) < 4.78 is 19.0. The highest BCUT2D eigenvalue weighted by molar-refractivity contribution is 5.48. The van der Waals surface area contributed by atoms with Crippen molar-refractivity contribution in [3.63, 3.8) is 0 Å². The van der Waals surface area contributed by atoms with E-state index in [2.05, 4.69) is 43.7 Å². The maximum atomic E-state index is 5.67. The van der Waals surface area contributed by atoms with E-state index in [0.717, 1.165) is 74.5 Å². The van der Waals surface area contributed by atoms with Crippen LogP contribution < -0.4 is 9.47 Å². The summed E-state index contributed by atoms with van der Waals surface area (Å²) in [4.78, 5) is 4.89. The maximum absolute atomic E-state index is 5.67. The molecule has 8 nitrogen and oxygen atoms in total. The van der Waals surface area contributed by atoms with Crippen LogP contribution in [0.4, 0.5) is 0 Å². The number of fused-ring (bicyclic) bond motifs is 3. The second-order valence-corrected chi connectivity index (χ2v) is 8.61. The van der Waals surface area contributed by atoms with E-state index >= 15 is 0 Å². The summed E-state index contributed by atoms with van der Waals surface area (Å²) in [7, 11) is 2.17. The van der Waals surface area contributed by atoms with Crippen molar-refractivity contribution in [2.75, 3.05) is 33.5 Å². The van der Waals surface area contributed by atoms with Gasteiger partial charge in [-0.15, -0.1) is 10.2 Å². The van der Waals surface area contributed by atoms with Gasteiger partial charge < -0.3 is 13.9 Å². The molecule has 1 saturated heterocycles. The van der Waals surface area contributed by atoms with Crippen LogP contribution in [0.1, 0.15) is 24.2 Å². The van der Waals surface area contributed by atoms with E-state index in [4.69, 9.17) is 13.9 Å². The van der Waals surface area contributed by atoms with Gasteiger partial charge in [-0.3, -0.25) is 14.4 Å². The molecule has 0 bridgehead atoms. The van der Waals surface area contributed by atoms with Gasteiger partial charge in [0.2, 0.25) is 6.79 Å². The summed E-state index contributed by atoms with van der Waals surface area (Å²) in [6.45, 7) is 5.11. The van der Waals surface area contributed by atoms with E-state index in [1.54, 1.807) is 6.26 Å². The number of nitrogens with zero attached hydrogens (tertiary/aromatic N) is 5. The van der Waals surface area contributed by atoms with Crippen molar-refractivity contribution < 1.29 is 13.9 Å². The number of hydrogen-bond acceptors (Lipinski definition) is 7. The van der Waals surface area contributed by atoms with Crippen molar-refractivity contribution in [3.8, 4) is 23.1 Å². The molecule has 0 radical (unpaired) electrons. The topological polar surface area (TPSA) is 68.8 Å². The molecular weight excluding hydrogens is 382 g/mol. The highest BCUT2D eigenvalue weighted by Crippen LogP contribution is 2.39. The third-order valence-corrected chi connectivity index (χ3v) is 6.55. The van der Waals surface area contributed by atoms with Gasteiger partial charge in [0.25, 0.3) is 0 Å². The molecular formula is C22H25N5O3. The van der Waals surface area contributed by atoms with E-state index in [0.29, 0.717) is 6.79 Å². The molecule has 8 heteroatoms. The minimum atomic E-state index is -0.000652. The molecule has 0 amide bonds. The molecule has 0 atom stereocenters. The molecule has 156 valence electrons. The van der Waals surface area contributed by atoms with E-state index < -0.39 is 0 Å². The number of likely N-dealkylation sites (N-methyl/N-ethyl adjacent to an activating group) is 1. The van der Waals surface area contributed by atoms with Crippen LogP contribution in [0, 0.1) is 0 Å². The monoisotopic (exact) mass is 407 g/mol. The highest BCUT2D eigenvalue weighted by Gasteiger charge is 2.43. The smallest absolute Gasteiger partial charge is 0.231 e. The van der Waals surface area contributed by atoms with E-state index in [-0.39, 0.29) is 5.54 Å². The van der Waals surface area contributed by atoms with Crippen molar-refractivity contribution in [1.82, 2.24) is 24.6 Å². The zero-order valence-electron chi connectivity index (χ0n) is 17.1. The third-order valence-electron chi connectivity index (χ3n) is 6.55. The summed E-state index contributed by atoms with van der Waals surface area (Å²) >= 11 is 0. The van der Waals surface area contributed by atoms with Crippen LogP contribution in [0.25, 0.3) is 11.6 Å². The first-order chi connectivity index (χ1) is 14.7. The Kier molecular flexibility index (Phi) is 4.10. The minimum Gasteiger partial charge on any atom is -0.461 e. The molecule has 1 fully saturated rings. The fraction of sp³-hybridized carbons (Fsp3) is 0.455. The first-order valence-corrected chi connectivity index (χ1v) is 10.5. The Morgan fingerprint density at radius 3 is 2.77 bits per heavy atom. The number of piperidine rings is 1. The first-order valence-electron chi connectivity index (χ1n) is 10.5. The Labute approximate surface area is 175 Å². The minimum absolute atomic E-state index is 0.000652. The van der Waals surface area contributed by atoms with Gasteiger partial charge in [-0.1, -0.05) is 6.07 Å². The Morgan fingerprint density at radius 1 is 1.07 bits per heavy atom. The SMILES string of the molecule is CN1Cc2nnc(-c3ccco3)n2C2(CCN(Cc3ccc4c(c3)OCO4)CC2)C1. The van der Waals surface area contributed by atoms with Crippen LogP contribution in [0.3, 0.4) is 0 Å². The molecule has 0 saturated carbocycles. The summed E-state index contributed by atoms with van der Waals surface area (Å²) in [6.07, 6.45) is 3.81. The molecule has 0 unspecified atom stereocenters. The molecule has 1 aromatic carbocycles. The van der Waals surface area contributed by atoms with Crippen LogP contribution >= 0.6 is 0 Å². The van der Waals surface area contributed by atoms with Crippen LogP contribution in [0.15, 0.2) is 41.0 Å². The van der Waals surface area contributed by atoms with Gasteiger partial charge >= 0.3 is 0 Å². The second kappa shape index (κ2) is 6.85. The lowest BCUT2D eigenvalue weighted by atomic mass is 9.84. The molecule has 0 N–H and O–H groups in total. The van der Waals surface area contributed by atoms with Gasteiger partial charge in [0.1, 0.15) is 5.82 Å². The second-order valence-electron chi connectivity index (χ2n) is 8.61. The fourth-order valence-corrected chi connectivity index (χ4v) is 5.16. The van der Waals surface area contributed by atoms with E-state index in [1.165, 1.54) is 5.56 Å². The van der Waals surface area contributed by atoms with Gasteiger partial charge in [0.15, 0.2) is 23.1 Å². The summed E-state index contributed by atoms with van der Waals surface area (Å²) in [5.41, 5.74) is 1.26. The number of ether oxygens (including phenoxy) is 2. The van der Waals surface area contributed by atoms with Crippen molar-refractivity contribution in [3.05, 3.63) is 48.0 Å². The maximum Gasteiger partial charge on any atom is 0.231 e. The molecule has 3 aliphatic heterocycles. The predicted molar refractivity (Wildman–Crippen MR) is 109 cm³/mol. The Morgan fingerprint density at radius 2 is 1.93 bits per heavy atom. The van der Waals surface area contributed by atoms with E-state index in [9.17, 15) is 0 Å². The largest absolute Gasteiger partial charge is 0.461 e. The van der Waals surface area contributed by atoms with Gasteiger partial charge in [-0.25, -0.2) is 0 Å². The lowest BCUT2D eigenvalue weighted by Gasteiger charge is -2.48. The summed E-state index contributed by atoms with van der Waals surface area (Å²) in [5, 5.41) is 9.00. The Hall–Kier alpha value is -2.84. The average Bonchev–Trinajstić information content (AvgIpc) is 3.49. The Bertz CT molecular complexity index is 1050. The van der Waals surface area contributed by atoms with E-state index in [1.807, 2.05) is 18.2 Å².